The van der Waals surface area contributed by atoms with Crippen molar-refractivity contribution in [3.63, 3.8) is 0 Å². The van der Waals surface area contributed by atoms with Gasteiger partial charge in [-0.25, -0.2) is 4.99 Å². The van der Waals surface area contributed by atoms with Crippen LogP contribution in [0.5, 0.6) is 0 Å². The number of hydrazone groups is 1. The first kappa shape index (κ1) is 30.0. The Balaban J connectivity index is 0.00000497. The summed E-state index contributed by atoms with van der Waals surface area (Å²) in [4.78, 5) is 8.75. The van der Waals surface area contributed by atoms with Crippen LogP contribution in [0.3, 0.4) is 0 Å². The lowest BCUT2D eigenvalue weighted by Gasteiger charge is -2.29. The second-order valence-electron chi connectivity index (χ2n) is 8.11. The maximum atomic E-state index is 10.7. The van der Waals surface area contributed by atoms with Gasteiger partial charge in [0.25, 0.3) is 0 Å². The minimum Gasteiger partial charge on any atom is -0.382 e. The highest BCUT2D eigenvalue weighted by atomic mass is 16.3. The second-order valence-corrected chi connectivity index (χ2v) is 8.11. The average Bonchev–Trinajstić information content (AvgIpc) is 2.82. The van der Waals surface area contributed by atoms with Crippen molar-refractivity contribution in [2.24, 2.45) is 16.0 Å². The van der Waals surface area contributed by atoms with Gasteiger partial charge >= 0.3 is 0 Å². The Labute approximate surface area is 201 Å². The van der Waals surface area contributed by atoms with E-state index in [4.69, 9.17) is 0 Å². The highest BCUT2D eigenvalue weighted by Gasteiger charge is 2.15. The van der Waals surface area contributed by atoms with Crippen molar-refractivity contribution in [3.8, 4) is 0 Å². The number of rotatable bonds is 12. The number of likely N-dealkylation sites (N-methyl/N-ethyl adjacent to an activating group) is 2. The molecular weight excluding hydrogens is 414 g/mol. The summed E-state index contributed by atoms with van der Waals surface area (Å²) in [5, 5.41) is 21.2. The van der Waals surface area contributed by atoms with Gasteiger partial charge in [-0.15, -0.1) is 13.2 Å². The maximum Gasteiger partial charge on any atom is 0.152 e. The van der Waals surface area contributed by atoms with Crippen molar-refractivity contribution in [2.45, 2.75) is 40.3 Å². The molecule has 0 spiro atoms. The molecule has 0 aromatic heterocycles. The molecule has 0 aliphatic carbocycles. The molecule has 4 N–H and O–H groups in total. The highest BCUT2D eigenvalue weighted by molar-refractivity contribution is 5.98. The monoisotopic (exact) mass is 459 g/mol. The van der Waals surface area contributed by atoms with E-state index in [2.05, 4.69) is 89.6 Å². The van der Waals surface area contributed by atoms with Crippen LogP contribution < -0.4 is 16.1 Å². The van der Waals surface area contributed by atoms with Crippen LogP contribution in [0.2, 0.25) is 0 Å². The number of aliphatic hydroxyl groups excluding tert-OH is 1. The van der Waals surface area contributed by atoms with Crippen LogP contribution in [-0.4, -0.2) is 73.5 Å². The summed E-state index contributed by atoms with van der Waals surface area (Å²) in [6, 6.07) is 0. The molecule has 1 aliphatic rings. The van der Waals surface area contributed by atoms with E-state index in [9.17, 15) is 5.11 Å². The zero-order valence-electron chi connectivity index (χ0n) is 21.6. The fraction of sp³-hybridized carbons (Fsp3) is 0.520. The Kier molecular flexibility index (Phi) is 15.1. The molecule has 1 aliphatic heterocycles. The SMILES string of the molecule is C=C.C=C(/C(C)=N\NC)C(O)NC(/C=C\CC(C)C)=C(/C)N(C)CCN(C)C1=NC=CNC1. The zero-order chi connectivity index (χ0) is 25.4. The van der Waals surface area contributed by atoms with E-state index in [0.717, 1.165) is 43.3 Å². The van der Waals surface area contributed by atoms with Gasteiger partial charge in [-0.05, 0) is 32.3 Å². The van der Waals surface area contributed by atoms with Crippen molar-refractivity contribution in [3.05, 3.63) is 61.3 Å². The zero-order valence-corrected chi connectivity index (χ0v) is 21.6. The van der Waals surface area contributed by atoms with Crippen molar-refractivity contribution in [2.75, 3.05) is 40.8 Å². The smallest absolute Gasteiger partial charge is 0.152 e. The Morgan fingerprint density at radius 1 is 1.30 bits per heavy atom. The Hall–Kier alpha value is -3.00. The molecule has 1 unspecified atom stereocenters. The van der Waals surface area contributed by atoms with Crippen molar-refractivity contribution >= 4 is 11.5 Å². The minimum atomic E-state index is -0.934. The Morgan fingerprint density at radius 3 is 2.52 bits per heavy atom. The van der Waals surface area contributed by atoms with Crippen LogP contribution in [0.1, 0.15) is 34.1 Å². The van der Waals surface area contributed by atoms with Crippen molar-refractivity contribution in [1.29, 1.82) is 0 Å². The molecule has 0 aromatic carbocycles. The van der Waals surface area contributed by atoms with Gasteiger partial charge in [0.15, 0.2) is 6.23 Å². The molecule has 0 saturated heterocycles. The molecule has 8 heteroatoms. The number of hydrogen-bond donors (Lipinski definition) is 4. The van der Waals surface area contributed by atoms with Gasteiger partial charge in [0.05, 0.1) is 18.0 Å². The average molecular weight is 460 g/mol. The molecule has 0 radical (unpaired) electrons. The summed E-state index contributed by atoms with van der Waals surface area (Å²) < 4.78 is 0. The van der Waals surface area contributed by atoms with E-state index in [0.29, 0.717) is 17.2 Å². The normalized spacial score (nSPS) is 15.1. The molecule has 8 nitrogen and oxygen atoms in total. The number of aliphatic hydroxyl groups is 1. The largest absolute Gasteiger partial charge is 0.382 e. The molecule has 0 amide bonds. The summed E-state index contributed by atoms with van der Waals surface area (Å²) >= 11 is 0. The van der Waals surface area contributed by atoms with Gasteiger partial charge in [-0.2, -0.15) is 5.10 Å². The van der Waals surface area contributed by atoms with E-state index in [1.165, 1.54) is 0 Å². The molecule has 1 rings (SSSR count). The molecule has 1 atom stereocenters. The molecule has 186 valence electrons. The van der Waals surface area contributed by atoms with Crippen molar-refractivity contribution < 1.29 is 5.11 Å². The molecule has 0 saturated carbocycles. The number of amidine groups is 1. The first-order chi connectivity index (χ1) is 15.7. The molecule has 0 bridgehead atoms. The number of allylic oxidation sites excluding steroid dienone is 3. The van der Waals surface area contributed by atoms with Gasteiger partial charge in [0.2, 0.25) is 0 Å². The van der Waals surface area contributed by atoms with E-state index in [1.807, 2.05) is 26.2 Å². The third-order valence-electron chi connectivity index (χ3n) is 5.11. The fourth-order valence-electron chi connectivity index (χ4n) is 2.81. The van der Waals surface area contributed by atoms with Crippen LogP contribution in [0.25, 0.3) is 0 Å². The van der Waals surface area contributed by atoms with Crippen LogP contribution in [0.15, 0.2) is 71.3 Å². The third-order valence-corrected chi connectivity index (χ3v) is 5.11. The number of nitrogens with zero attached hydrogens (tertiary/aromatic N) is 4. The number of hydrogen-bond acceptors (Lipinski definition) is 8. The molecule has 33 heavy (non-hydrogen) atoms. The lowest BCUT2D eigenvalue weighted by Crippen LogP contribution is -2.40. The fourth-order valence-corrected chi connectivity index (χ4v) is 2.81. The lowest BCUT2D eigenvalue weighted by atomic mass is 10.1. The molecule has 0 fully saturated rings. The number of nitrogens with one attached hydrogen (secondary N) is 3. The van der Waals surface area contributed by atoms with Crippen LogP contribution in [0.4, 0.5) is 0 Å². The van der Waals surface area contributed by atoms with Gasteiger partial charge in [-0.3, -0.25) is 0 Å². The minimum absolute atomic E-state index is 0.523. The summed E-state index contributed by atoms with van der Waals surface area (Å²) in [7, 11) is 5.82. The van der Waals surface area contributed by atoms with Crippen LogP contribution >= 0.6 is 0 Å². The highest BCUT2D eigenvalue weighted by Crippen LogP contribution is 2.12. The molecule has 0 aromatic rings. The predicted octanol–water partition coefficient (Wildman–Crippen LogP) is 3.02. The Bertz CT molecular complexity index is 750. The van der Waals surface area contributed by atoms with Gasteiger partial charge in [0, 0.05) is 57.9 Å². The lowest BCUT2D eigenvalue weighted by molar-refractivity contribution is 0.191. The Morgan fingerprint density at radius 2 is 1.97 bits per heavy atom. The second kappa shape index (κ2) is 16.6. The summed E-state index contributed by atoms with van der Waals surface area (Å²) in [5.74, 6) is 1.58. The van der Waals surface area contributed by atoms with Gasteiger partial charge < -0.3 is 31.0 Å². The van der Waals surface area contributed by atoms with Gasteiger partial charge in [0.1, 0.15) is 5.84 Å². The summed E-state index contributed by atoms with van der Waals surface area (Å²) in [6.07, 6.45) is 7.82. The third kappa shape index (κ3) is 11.4. The first-order valence-corrected chi connectivity index (χ1v) is 11.3. The maximum absolute atomic E-state index is 10.7. The van der Waals surface area contributed by atoms with E-state index < -0.39 is 6.23 Å². The topological polar surface area (TPSA) is 87.5 Å². The van der Waals surface area contributed by atoms with Gasteiger partial charge in [-0.1, -0.05) is 26.5 Å². The standard InChI is InChI=1S/C23H41N7O.C2H4/c1-17(2)10-9-11-21(27-23(31)18(3)19(4)28-24-6)20(5)29(7)14-15-30(8)22-16-25-12-13-26-22;1-2/h9,11-13,17,23-25,27,31H,3,10,14-16H2,1-2,4-8H3;1-2H2/b11-9-,21-20-,28-19-;. The van der Waals surface area contributed by atoms with E-state index in [-0.39, 0.29) is 0 Å². The summed E-state index contributed by atoms with van der Waals surface area (Å²) in [6.45, 7) is 20.6. The number of aliphatic imine (C=N–C) groups is 1. The molecular formula is C25H45N7O. The van der Waals surface area contributed by atoms with E-state index >= 15 is 0 Å². The summed E-state index contributed by atoms with van der Waals surface area (Å²) in [5.41, 5.74) is 5.79. The van der Waals surface area contributed by atoms with E-state index in [1.54, 1.807) is 13.2 Å². The molecule has 1 heterocycles. The van der Waals surface area contributed by atoms with Crippen molar-refractivity contribution in [1.82, 2.24) is 25.9 Å². The quantitative estimate of drug-likeness (QED) is 0.118. The van der Waals surface area contributed by atoms with Crippen LogP contribution in [0, 0.1) is 5.92 Å². The first-order valence-electron chi connectivity index (χ1n) is 11.3. The van der Waals surface area contributed by atoms with Crippen LogP contribution in [-0.2, 0) is 0 Å². The predicted molar refractivity (Wildman–Crippen MR) is 143 cm³/mol.